The predicted octanol–water partition coefficient (Wildman–Crippen LogP) is 4.38. The lowest BCUT2D eigenvalue weighted by Gasteiger charge is -2.06. The summed E-state index contributed by atoms with van der Waals surface area (Å²) in [5.41, 5.74) is 1.08. The van der Waals surface area contributed by atoms with Gasteiger partial charge in [-0.15, -0.1) is 21.5 Å². The van der Waals surface area contributed by atoms with E-state index < -0.39 is 0 Å². The van der Waals surface area contributed by atoms with Crippen LogP contribution in [0.2, 0.25) is 0 Å². The lowest BCUT2D eigenvalue weighted by molar-refractivity contribution is -0.139. The maximum absolute atomic E-state index is 11.9. The number of thioether (sulfide) groups is 1. The Morgan fingerprint density at radius 2 is 2.08 bits per heavy atom. The van der Waals surface area contributed by atoms with Gasteiger partial charge in [-0.3, -0.25) is 4.79 Å². The van der Waals surface area contributed by atoms with E-state index in [1.165, 1.54) is 11.8 Å². The van der Waals surface area contributed by atoms with Crippen LogP contribution in [-0.2, 0) is 16.1 Å². The maximum Gasteiger partial charge on any atom is 0.316 e. The number of hydrogen-bond acceptors (Lipinski definition) is 6. The van der Waals surface area contributed by atoms with Gasteiger partial charge in [0.05, 0.1) is 10.6 Å². The van der Waals surface area contributed by atoms with Crippen molar-refractivity contribution in [1.29, 1.82) is 0 Å². The number of rotatable bonds is 8. The molecule has 2 heterocycles. The summed E-state index contributed by atoms with van der Waals surface area (Å²) in [6, 6.07) is 13.9. The molecule has 26 heavy (non-hydrogen) atoms. The summed E-state index contributed by atoms with van der Waals surface area (Å²) < 4.78 is 7.25. The van der Waals surface area contributed by atoms with Crippen molar-refractivity contribution in [3.63, 3.8) is 0 Å². The number of carbonyl (C=O) groups is 1. The Labute approximate surface area is 160 Å². The Bertz CT molecular complexity index is 858. The second-order valence-electron chi connectivity index (χ2n) is 5.31. The third kappa shape index (κ3) is 4.83. The summed E-state index contributed by atoms with van der Waals surface area (Å²) >= 11 is 2.97. The summed E-state index contributed by atoms with van der Waals surface area (Å²) in [6.45, 7) is 3.05. The molecule has 7 heteroatoms. The molecule has 0 aliphatic rings. The Kier molecular flexibility index (Phi) is 6.62. The van der Waals surface area contributed by atoms with Crippen molar-refractivity contribution in [1.82, 2.24) is 14.8 Å². The predicted molar refractivity (Wildman–Crippen MR) is 106 cm³/mol. The van der Waals surface area contributed by atoms with Crippen LogP contribution in [0.5, 0.6) is 0 Å². The Balaban J connectivity index is 1.49. The molecule has 0 bridgehead atoms. The zero-order valence-electron chi connectivity index (χ0n) is 14.4. The number of hydrogen-bond donors (Lipinski definition) is 0. The van der Waals surface area contributed by atoms with Gasteiger partial charge >= 0.3 is 5.97 Å². The van der Waals surface area contributed by atoms with Gasteiger partial charge < -0.3 is 9.30 Å². The first kappa shape index (κ1) is 18.4. The van der Waals surface area contributed by atoms with Gasteiger partial charge in [-0.1, -0.05) is 54.2 Å². The lowest BCUT2D eigenvalue weighted by Crippen LogP contribution is -2.08. The third-order valence-corrected chi connectivity index (χ3v) is 5.35. The monoisotopic (exact) mass is 385 g/mol. The van der Waals surface area contributed by atoms with Gasteiger partial charge in [0.25, 0.3) is 0 Å². The molecule has 0 fully saturated rings. The highest BCUT2D eigenvalue weighted by molar-refractivity contribution is 7.99. The van der Waals surface area contributed by atoms with Crippen molar-refractivity contribution in [2.75, 3.05) is 12.4 Å². The Morgan fingerprint density at radius 3 is 2.81 bits per heavy atom. The van der Waals surface area contributed by atoms with E-state index >= 15 is 0 Å². The molecule has 0 spiro atoms. The molecule has 3 aromatic rings. The molecule has 0 radical (unpaired) electrons. The van der Waals surface area contributed by atoms with Crippen molar-refractivity contribution in [3.05, 3.63) is 59.5 Å². The minimum absolute atomic E-state index is 0.210. The zero-order chi connectivity index (χ0) is 18.2. The van der Waals surface area contributed by atoms with Crippen molar-refractivity contribution in [2.45, 2.75) is 18.6 Å². The molecule has 0 aliphatic carbocycles. The first-order valence-electron chi connectivity index (χ1n) is 8.25. The summed E-state index contributed by atoms with van der Waals surface area (Å²) in [4.78, 5) is 13.0. The van der Waals surface area contributed by atoms with Crippen LogP contribution in [0.25, 0.3) is 16.8 Å². The average Bonchev–Trinajstić information content (AvgIpc) is 3.33. The van der Waals surface area contributed by atoms with Crippen LogP contribution >= 0.6 is 23.1 Å². The standard InChI is InChI=1S/C19H19N3O2S2/c1-2-22-18(16-11-7-13-25-16)20-21-19(22)26-14-17(23)24-12-6-10-15-8-4-3-5-9-15/h3-11,13H,2,12,14H2,1H3/b10-6+. The molecular weight excluding hydrogens is 366 g/mol. The van der Waals surface area contributed by atoms with Gasteiger partial charge in [0.15, 0.2) is 11.0 Å². The van der Waals surface area contributed by atoms with Gasteiger partial charge in [0, 0.05) is 6.54 Å². The highest BCUT2D eigenvalue weighted by Gasteiger charge is 2.15. The quantitative estimate of drug-likeness (QED) is 0.426. The van der Waals surface area contributed by atoms with Crippen molar-refractivity contribution < 1.29 is 9.53 Å². The lowest BCUT2D eigenvalue weighted by atomic mass is 10.2. The Morgan fingerprint density at radius 1 is 1.23 bits per heavy atom. The summed E-state index contributed by atoms with van der Waals surface area (Å²) in [5, 5.41) is 11.2. The molecule has 1 aromatic carbocycles. The van der Waals surface area contributed by atoms with Crippen LogP contribution in [0.1, 0.15) is 12.5 Å². The number of ether oxygens (including phenoxy) is 1. The van der Waals surface area contributed by atoms with E-state index in [0.717, 1.165) is 28.0 Å². The Hall–Kier alpha value is -2.38. The molecule has 0 amide bonds. The topological polar surface area (TPSA) is 57.0 Å². The fraction of sp³-hybridized carbons (Fsp3) is 0.211. The average molecular weight is 386 g/mol. The highest BCUT2D eigenvalue weighted by Crippen LogP contribution is 2.27. The van der Waals surface area contributed by atoms with Crippen LogP contribution in [-0.4, -0.2) is 33.1 Å². The van der Waals surface area contributed by atoms with E-state index in [1.54, 1.807) is 11.3 Å². The number of benzene rings is 1. The van der Waals surface area contributed by atoms with Gasteiger partial charge in [-0.25, -0.2) is 0 Å². The smallest absolute Gasteiger partial charge is 0.316 e. The molecule has 0 atom stereocenters. The molecule has 134 valence electrons. The molecule has 2 aromatic heterocycles. The fourth-order valence-electron chi connectivity index (χ4n) is 2.32. The molecule has 5 nitrogen and oxygen atoms in total. The first-order chi connectivity index (χ1) is 12.8. The largest absolute Gasteiger partial charge is 0.461 e. The van der Waals surface area contributed by atoms with E-state index in [2.05, 4.69) is 10.2 Å². The molecule has 0 unspecified atom stereocenters. The van der Waals surface area contributed by atoms with Crippen molar-refractivity contribution >= 4 is 35.1 Å². The van der Waals surface area contributed by atoms with Crippen LogP contribution in [0.15, 0.2) is 59.1 Å². The second kappa shape index (κ2) is 9.35. The number of thiophene rings is 1. The second-order valence-corrected chi connectivity index (χ2v) is 7.20. The summed E-state index contributed by atoms with van der Waals surface area (Å²) in [7, 11) is 0. The number of esters is 1. The molecular formula is C19H19N3O2S2. The molecule has 0 aliphatic heterocycles. The van der Waals surface area contributed by atoms with Gasteiger partial charge in [0.1, 0.15) is 6.61 Å². The SMILES string of the molecule is CCn1c(SCC(=O)OC/C=C/c2ccccc2)nnc1-c1cccs1. The normalized spacial score (nSPS) is 11.1. The molecule has 0 saturated heterocycles. The van der Waals surface area contributed by atoms with Crippen LogP contribution < -0.4 is 0 Å². The molecule has 3 rings (SSSR count). The van der Waals surface area contributed by atoms with Gasteiger partial charge in [-0.05, 0) is 30.0 Å². The van der Waals surface area contributed by atoms with E-state index in [1.807, 2.05) is 71.5 Å². The first-order valence-corrected chi connectivity index (χ1v) is 10.1. The fourth-order valence-corrected chi connectivity index (χ4v) is 3.84. The van der Waals surface area contributed by atoms with E-state index in [9.17, 15) is 4.79 Å². The van der Waals surface area contributed by atoms with Crippen LogP contribution in [0, 0.1) is 0 Å². The van der Waals surface area contributed by atoms with Crippen LogP contribution in [0.3, 0.4) is 0 Å². The number of nitrogens with zero attached hydrogens (tertiary/aromatic N) is 3. The van der Waals surface area contributed by atoms with E-state index in [-0.39, 0.29) is 18.3 Å². The zero-order valence-corrected chi connectivity index (χ0v) is 16.0. The molecule has 0 N–H and O–H groups in total. The highest BCUT2D eigenvalue weighted by atomic mass is 32.2. The third-order valence-electron chi connectivity index (χ3n) is 3.54. The minimum Gasteiger partial charge on any atom is -0.461 e. The van der Waals surface area contributed by atoms with E-state index in [0.29, 0.717) is 0 Å². The summed E-state index contributed by atoms with van der Waals surface area (Å²) in [6.07, 6.45) is 3.77. The van der Waals surface area contributed by atoms with Gasteiger partial charge in [-0.2, -0.15) is 0 Å². The number of carbonyl (C=O) groups excluding carboxylic acids is 1. The van der Waals surface area contributed by atoms with Crippen molar-refractivity contribution in [3.8, 4) is 10.7 Å². The molecule has 0 saturated carbocycles. The van der Waals surface area contributed by atoms with E-state index in [4.69, 9.17) is 4.74 Å². The minimum atomic E-state index is -0.268. The van der Waals surface area contributed by atoms with Crippen LogP contribution in [0.4, 0.5) is 0 Å². The van der Waals surface area contributed by atoms with Crippen molar-refractivity contribution in [2.24, 2.45) is 0 Å². The number of aromatic nitrogens is 3. The van der Waals surface area contributed by atoms with Gasteiger partial charge in [0.2, 0.25) is 0 Å². The maximum atomic E-state index is 11.9. The summed E-state index contributed by atoms with van der Waals surface area (Å²) in [5.74, 6) is 0.780.